The summed E-state index contributed by atoms with van der Waals surface area (Å²) in [5, 5.41) is 3.09. The molecule has 1 atom stereocenters. The van der Waals surface area contributed by atoms with Gasteiger partial charge in [0.1, 0.15) is 11.6 Å². The SMILES string of the molecule is COC[C@H](C)NC(=O)C1(Cc2cccc(-c3cc(F)ccc3OC)c2)CCOCC1. The van der Waals surface area contributed by atoms with Crippen LogP contribution < -0.4 is 10.1 Å². The molecule has 1 aliphatic rings. The van der Waals surface area contributed by atoms with Crippen LogP contribution in [0.3, 0.4) is 0 Å². The summed E-state index contributed by atoms with van der Waals surface area (Å²) in [5.74, 6) is 0.327. The van der Waals surface area contributed by atoms with Gasteiger partial charge in [0.05, 0.1) is 19.1 Å². The van der Waals surface area contributed by atoms with Gasteiger partial charge in [-0.05, 0) is 55.5 Å². The van der Waals surface area contributed by atoms with E-state index in [-0.39, 0.29) is 17.8 Å². The van der Waals surface area contributed by atoms with Crippen LogP contribution in [0.4, 0.5) is 4.39 Å². The topological polar surface area (TPSA) is 56.8 Å². The number of rotatable bonds is 8. The second-order valence-corrected chi connectivity index (χ2v) is 7.94. The predicted molar refractivity (Wildman–Crippen MR) is 114 cm³/mol. The van der Waals surface area contributed by atoms with E-state index in [1.165, 1.54) is 12.1 Å². The van der Waals surface area contributed by atoms with Gasteiger partial charge in [0, 0.05) is 31.9 Å². The number of nitrogens with one attached hydrogen (secondary N) is 1. The van der Waals surface area contributed by atoms with Crippen LogP contribution in [0.25, 0.3) is 11.1 Å². The molecule has 1 fully saturated rings. The molecule has 0 aliphatic carbocycles. The van der Waals surface area contributed by atoms with Crippen molar-refractivity contribution in [2.24, 2.45) is 5.41 Å². The van der Waals surface area contributed by atoms with Crippen LogP contribution in [0.1, 0.15) is 25.3 Å². The highest BCUT2D eigenvalue weighted by Crippen LogP contribution is 2.37. The van der Waals surface area contributed by atoms with Gasteiger partial charge in [-0.25, -0.2) is 4.39 Å². The lowest BCUT2D eigenvalue weighted by molar-refractivity contribution is -0.137. The summed E-state index contributed by atoms with van der Waals surface area (Å²) in [6.07, 6.45) is 1.91. The maximum Gasteiger partial charge on any atom is 0.227 e. The van der Waals surface area contributed by atoms with Crippen molar-refractivity contribution < 1.29 is 23.4 Å². The first-order valence-electron chi connectivity index (χ1n) is 10.3. The number of hydrogen-bond donors (Lipinski definition) is 1. The van der Waals surface area contributed by atoms with Crippen molar-refractivity contribution in [2.45, 2.75) is 32.2 Å². The minimum atomic E-state index is -0.537. The summed E-state index contributed by atoms with van der Waals surface area (Å²) in [5.41, 5.74) is 2.04. The smallest absolute Gasteiger partial charge is 0.227 e. The molecule has 6 heteroatoms. The van der Waals surface area contributed by atoms with Crippen LogP contribution in [0.5, 0.6) is 5.75 Å². The fourth-order valence-electron chi connectivity index (χ4n) is 4.06. The van der Waals surface area contributed by atoms with Crippen LogP contribution in [-0.4, -0.2) is 46.0 Å². The first kappa shape index (κ1) is 22.2. The maximum absolute atomic E-state index is 13.9. The molecule has 0 aromatic heterocycles. The first-order chi connectivity index (χ1) is 14.5. The summed E-state index contributed by atoms with van der Waals surface area (Å²) in [4.78, 5) is 13.2. The summed E-state index contributed by atoms with van der Waals surface area (Å²) >= 11 is 0. The lowest BCUT2D eigenvalue weighted by Crippen LogP contribution is -2.49. The Balaban J connectivity index is 1.88. The zero-order chi connectivity index (χ0) is 21.6. The number of methoxy groups -OCH3 is 2. The van der Waals surface area contributed by atoms with E-state index in [0.717, 1.165) is 11.1 Å². The van der Waals surface area contributed by atoms with Gasteiger partial charge in [-0.15, -0.1) is 0 Å². The van der Waals surface area contributed by atoms with Gasteiger partial charge in [-0.3, -0.25) is 4.79 Å². The van der Waals surface area contributed by atoms with E-state index in [9.17, 15) is 9.18 Å². The summed E-state index contributed by atoms with van der Waals surface area (Å²) in [7, 11) is 3.20. The molecule has 2 aromatic rings. The van der Waals surface area contributed by atoms with Gasteiger partial charge in [-0.2, -0.15) is 0 Å². The minimum Gasteiger partial charge on any atom is -0.496 e. The average molecular weight is 416 g/mol. The molecule has 0 radical (unpaired) electrons. The van der Waals surface area contributed by atoms with E-state index >= 15 is 0 Å². The van der Waals surface area contributed by atoms with E-state index in [1.807, 2.05) is 31.2 Å². The number of hydrogen-bond acceptors (Lipinski definition) is 4. The average Bonchev–Trinajstić information content (AvgIpc) is 2.74. The molecular formula is C24H30FNO4. The molecule has 0 unspecified atom stereocenters. The standard InChI is InChI=1S/C24H30FNO4/c1-17(16-28-2)26-23(27)24(9-11-30-12-10-24)15-18-5-4-6-19(13-18)21-14-20(25)7-8-22(21)29-3/h4-8,13-14,17H,9-12,15-16H2,1-3H3,(H,26,27)/t17-/m0/s1. The third kappa shape index (κ3) is 5.18. The quantitative estimate of drug-likeness (QED) is 0.708. The molecule has 1 amide bonds. The normalized spacial score (nSPS) is 16.7. The Labute approximate surface area is 177 Å². The second kappa shape index (κ2) is 10.0. The largest absolute Gasteiger partial charge is 0.496 e. The molecule has 1 N–H and O–H groups in total. The zero-order valence-corrected chi connectivity index (χ0v) is 17.9. The summed E-state index contributed by atoms with van der Waals surface area (Å²) in [6.45, 7) is 3.52. The van der Waals surface area contributed by atoms with E-state index in [2.05, 4.69) is 5.32 Å². The molecular weight excluding hydrogens is 385 g/mol. The van der Waals surface area contributed by atoms with E-state index in [0.29, 0.717) is 50.4 Å². The highest BCUT2D eigenvalue weighted by atomic mass is 19.1. The monoisotopic (exact) mass is 415 g/mol. The Morgan fingerprint density at radius 3 is 2.67 bits per heavy atom. The molecule has 2 aromatic carbocycles. The van der Waals surface area contributed by atoms with Gasteiger partial charge >= 0.3 is 0 Å². The highest BCUT2D eigenvalue weighted by Gasteiger charge is 2.40. The molecule has 0 bridgehead atoms. The van der Waals surface area contributed by atoms with Crippen molar-refractivity contribution in [3.8, 4) is 16.9 Å². The molecule has 162 valence electrons. The third-order valence-corrected chi connectivity index (χ3v) is 5.67. The molecule has 1 heterocycles. The van der Waals surface area contributed by atoms with Crippen molar-refractivity contribution in [3.05, 3.63) is 53.8 Å². The van der Waals surface area contributed by atoms with E-state index in [4.69, 9.17) is 14.2 Å². The molecule has 1 saturated heterocycles. The Bertz CT molecular complexity index is 864. The number of ether oxygens (including phenoxy) is 3. The highest BCUT2D eigenvalue weighted by molar-refractivity contribution is 5.83. The van der Waals surface area contributed by atoms with E-state index < -0.39 is 5.41 Å². The van der Waals surface area contributed by atoms with Crippen molar-refractivity contribution in [2.75, 3.05) is 34.0 Å². The molecule has 3 rings (SSSR count). The van der Waals surface area contributed by atoms with Crippen molar-refractivity contribution >= 4 is 5.91 Å². The van der Waals surface area contributed by atoms with Crippen molar-refractivity contribution in [1.29, 1.82) is 0 Å². The minimum absolute atomic E-state index is 0.0316. The second-order valence-electron chi connectivity index (χ2n) is 7.94. The zero-order valence-electron chi connectivity index (χ0n) is 17.9. The Morgan fingerprint density at radius 2 is 1.97 bits per heavy atom. The van der Waals surface area contributed by atoms with E-state index in [1.54, 1.807) is 20.3 Å². The fraction of sp³-hybridized carbons (Fsp3) is 0.458. The van der Waals surface area contributed by atoms with Crippen LogP contribution in [0.2, 0.25) is 0 Å². The van der Waals surface area contributed by atoms with Gasteiger partial charge in [0.25, 0.3) is 0 Å². The molecule has 0 spiro atoms. The van der Waals surface area contributed by atoms with Gasteiger partial charge in [0.15, 0.2) is 0 Å². The number of amides is 1. The number of benzene rings is 2. The van der Waals surface area contributed by atoms with Crippen LogP contribution >= 0.6 is 0 Å². The molecule has 0 saturated carbocycles. The van der Waals surface area contributed by atoms with Crippen molar-refractivity contribution in [1.82, 2.24) is 5.32 Å². The van der Waals surface area contributed by atoms with Crippen LogP contribution in [-0.2, 0) is 20.7 Å². The number of carbonyl (C=O) groups is 1. The Kier molecular flexibility index (Phi) is 7.45. The molecule has 5 nitrogen and oxygen atoms in total. The van der Waals surface area contributed by atoms with Crippen LogP contribution in [0.15, 0.2) is 42.5 Å². The lowest BCUT2D eigenvalue weighted by atomic mass is 9.74. The first-order valence-corrected chi connectivity index (χ1v) is 10.3. The van der Waals surface area contributed by atoms with Crippen LogP contribution in [0, 0.1) is 11.2 Å². The predicted octanol–water partition coefficient (Wildman–Crippen LogP) is 3.99. The summed E-state index contributed by atoms with van der Waals surface area (Å²) < 4.78 is 30.0. The molecule has 30 heavy (non-hydrogen) atoms. The number of halogens is 1. The summed E-state index contributed by atoms with van der Waals surface area (Å²) in [6, 6.07) is 12.3. The van der Waals surface area contributed by atoms with Gasteiger partial charge < -0.3 is 19.5 Å². The van der Waals surface area contributed by atoms with Gasteiger partial charge in [0.2, 0.25) is 5.91 Å². The van der Waals surface area contributed by atoms with Gasteiger partial charge in [-0.1, -0.05) is 24.3 Å². The fourth-order valence-corrected chi connectivity index (χ4v) is 4.06. The number of carbonyl (C=O) groups excluding carboxylic acids is 1. The molecule has 1 aliphatic heterocycles. The third-order valence-electron chi connectivity index (χ3n) is 5.67. The Hall–Kier alpha value is -2.44. The Morgan fingerprint density at radius 1 is 1.20 bits per heavy atom. The maximum atomic E-state index is 13.9. The lowest BCUT2D eigenvalue weighted by Gasteiger charge is -2.37. The van der Waals surface area contributed by atoms with Crippen molar-refractivity contribution in [3.63, 3.8) is 0 Å².